The van der Waals surface area contributed by atoms with Crippen LogP contribution >= 0.6 is 12.2 Å². The predicted octanol–water partition coefficient (Wildman–Crippen LogP) is 1.99. The zero-order valence-electron chi connectivity index (χ0n) is 12.8. The smallest absolute Gasteiger partial charge is 0.119 e. The molecule has 0 aliphatic carbocycles. The molecule has 0 amide bonds. The van der Waals surface area contributed by atoms with Gasteiger partial charge in [-0.1, -0.05) is 37.7 Å². The molecule has 0 atom stereocenters. The summed E-state index contributed by atoms with van der Waals surface area (Å²) in [6.45, 7) is 5.52. The molecule has 4 nitrogen and oxygen atoms in total. The van der Waals surface area contributed by atoms with Crippen molar-refractivity contribution in [3.63, 3.8) is 0 Å². The van der Waals surface area contributed by atoms with Crippen molar-refractivity contribution < 1.29 is 9.84 Å². The molecule has 21 heavy (non-hydrogen) atoms. The van der Waals surface area contributed by atoms with Crippen LogP contribution in [0.4, 0.5) is 0 Å². The minimum absolute atomic E-state index is 0.192. The van der Waals surface area contributed by atoms with Crippen molar-refractivity contribution >= 4 is 17.2 Å². The molecule has 0 bridgehead atoms. The molecule has 0 fully saturated rings. The first-order valence-electron chi connectivity index (χ1n) is 7.49. The van der Waals surface area contributed by atoms with E-state index in [0.717, 1.165) is 37.2 Å². The van der Waals surface area contributed by atoms with Crippen LogP contribution in [0.15, 0.2) is 24.3 Å². The summed E-state index contributed by atoms with van der Waals surface area (Å²) in [4.78, 5) is 2.73. The summed E-state index contributed by atoms with van der Waals surface area (Å²) in [7, 11) is 0. The molecule has 118 valence electrons. The van der Waals surface area contributed by atoms with Gasteiger partial charge < -0.3 is 15.6 Å². The van der Waals surface area contributed by atoms with E-state index in [1.54, 1.807) is 0 Å². The molecule has 5 heteroatoms. The molecule has 0 saturated heterocycles. The van der Waals surface area contributed by atoms with E-state index in [9.17, 15) is 0 Å². The molecule has 1 rings (SSSR count). The molecule has 3 N–H and O–H groups in total. The van der Waals surface area contributed by atoms with Crippen LogP contribution in [0.3, 0.4) is 0 Å². The third-order valence-corrected chi connectivity index (χ3v) is 3.37. The molecule has 0 aliphatic rings. The number of thiocarbonyl (C=S) groups is 1. The Morgan fingerprint density at radius 3 is 2.52 bits per heavy atom. The summed E-state index contributed by atoms with van der Waals surface area (Å²) >= 11 is 4.89. The van der Waals surface area contributed by atoms with E-state index in [2.05, 4.69) is 11.8 Å². The minimum atomic E-state index is 0.192. The SMILES string of the molecule is CCCCN(CCO)CCOc1ccc(CC(N)=S)cc1. The van der Waals surface area contributed by atoms with Crippen LogP contribution in [-0.4, -0.2) is 47.8 Å². The molecule has 0 heterocycles. The first-order valence-corrected chi connectivity index (χ1v) is 7.89. The first-order chi connectivity index (χ1) is 10.2. The monoisotopic (exact) mass is 310 g/mol. The predicted molar refractivity (Wildman–Crippen MR) is 90.9 cm³/mol. The molecule has 0 saturated carbocycles. The lowest BCUT2D eigenvalue weighted by Gasteiger charge is -2.21. The summed E-state index contributed by atoms with van der Waals surface area (Å²) in [6, 6.07) is 7.85. The number of ether oxygens (including phenoxy) is 1. The standard InChI is InChI=1S/C16H26N2O2S/c1-2-3-8-18(9-11-19)10-12-20-15-6-4-14(5-7-15)13-16(17)21/h4-7,19H,2-3,8-13H2,1H3,(H2,17,21). The van der Waals surface area contributed by atoms with Crippen LogP contribution in [0.5, 0.6) is 5.75 Å². The number of unbranched alkanes of at least 4 members (excludes halogenated alkanes) is 1. The lowest BCUT2D eigenvalue weighted by molar-refractivity contribution is 0.167. The van der Waals surface area contributed by atoms with Crippen molar-refractivity contribution in [2.75, 3.05) is 32.8 Å². The van der Waals surface area contributed by atoms with E-state index >= 15 is 0 Å². The number of hydrogen-bond acceptors (Lipinski definition) is 4. The maximum Gasteiger partial charge on any atom is 0.119 e. The highest BCUT2D eigenvalue weighted by Crippen LogP contribution is 2.12. The normalized spacial score (nSPS) is 10.8. The number of aliphatic hydroxyl groups is 1. The second-order valence-electron chi connectivity index (χ2n) is 5.05. The van der Waals surface area contributed by atoms with E-state index in [-0.39, 0.29) is 6.61 Å². The molecule has 0 unspecified atom stereocenters. The molecule has 0 aliphatic heterocycles. The fraction of sp³-hybridized carbons (Fsp3) is 0.562. The quantitative estimate of drug-likeness (QED) is 0.612. The van der Waals surface area contributed by atoms with E-state index in [1.165, 1.54) is 0 Å². The maximum atomic E-state index is 9.05. The summed E-state index contributed by atoms with van der Waals surface area (Å²) < 4.78 is 5.74. The lowest BCUT2D eigenvalue weighted by atomic mass is 10.1. The number of rotatable bonds is 11. The molecule has 0 aromatic heterocycles. The highest BCUT2D eigenvalue weighted by molar-refractivity contribution is 7.80. The fourth-order valence-electron chi connectivity index (χ4n) is 2.06. The Labute approximate surface area is 132 Å². The zero-order chi connectivity index (χ0) is 15.5. The van der Waals surface area contributed by atoms with Crippen LogP contribution in [-0.2, 0) is 6.42 Å². The fourth-order valence-corrected chi connectivity index (χ4v) is 2.22. The number of nitrogens with two attached hydrogens (primary N) is 1. The van der Waals surface area contributed by atoms with Crippen molar-refractivity contribution in [1.29, 1.82) is 0 Å². The van der Waals surface area contributed by atoms with E-state index in [0.29, 0.717) is 24.6 Å². The first kappa shape index (κ1) is 17.9. The van der Waals surface area contributed by atoms with Crippen LogP contribution in [0.25, 0.3) is 0 Å². The number of hydrogen-bond donors (Lipinski definition) is 2. The van der Waals surface area contributed by atoms with Gasteiger partial charge in [-0.25, -0.2) is 0 Å². The summed E-state index contributed by atoms with van der Waals surface area (Å²) in [5, 5.41) is 9.05. The number of nitrogens with zero attached hydrogens (tertiary/aromatic N) is 1. The van der Waals surface area contributed by atoms with Gasteiger partial charge in [-0.2, -0.15) is 0 Å². The van der Waals surface area contributed by atoms with Gasteiger partial charge in [-0.3, -0.25) is 4.90 Å². The highest BCUT2D eigenvalue weighted by Gasteiger charge is 2.04. The Balaban J connectivity index is 2.34. The second-order valence-corrected chi connectivity index (χ2v) is 5.58. The molecule has 1 aromatic carbocycles. The Bertz CT molecular complexity index is 409. The largest absolute Gasteiger partial charge is 0.492 e. The molecular weight excluding hydrogens is 284 g/mol. The van der Waals surface area contributed by atoms with Crippen molar-refractivity contribution in [2.24, 2.45) is 5.73 Å². The van der Waals surface area contributed by atoms with Crippen molar-refractivity contribution in [1.82, 2.24) is 4.90 Å². The second kappa shape index (κ2) is 10.5. The average Bonchev–Trinajstić information content (AvgIpc) is 2.46. The third-order valence-electron chi connectivity index (χ3n) is 3.22. The van der Waals surface area contributed by atoms with Gasteiger partial charge in [-0.05, 0) is 30.7 Å². The summed E-state index contributed by atoms with van der Waals surface area (Å²) in [5.74, 6) is 0.848. The Kier molecular flexibility index (Phi) is 8.98. The van der Waals surface area contributed by atoms with E-state index in [4.69, 9.17) is 27.8 Å². The van der Waals surface area contributed by atoms with Crippen LogP contribution < -0.4 is 10.5 Å². The number of benzene rings is 1. The summed E-state index contributed by atoms with van der Waals surface area (Å²) in [5.41, 5.74) is 6.62. The van der Waals surface area contributed by atoms with Gasteiger partial charge in [0.1, 0.15) is 12.4 Å². The minimum Gasteiger partial charge on any atom is -0.492 e. The van der Waals surface area contributed by atoms with Crippen LogP contribution in [0.2, 0.25) is 0 Å². The zero-order valence-corrected chi connectivity index (χ0v) is 13.6. The summed E-state index contributed by atoms with van der Waals surface area (Å²) in [6.07, 6.45) is 2.93. The molecule has 0 radical (unpaired) electrons. The van der Waals surface area contributed by atoms with Gasteiger partial charge in [0, 0.05) is 19.5 Å². The van der Waals surface area contributed by atoms with Gasteiger partial charge in [0.15, 0.2) is 0 Å². The molecule has 0 spiro atoms. The van der Waals surface area contributed by atoms with E-state index in [1.807, 2.05) is 24.3 Å². The highest BCUT2D eigenvalue weighted by atomic mass is 32.1. The number of aliphatic hydroxyl groups excluding tert-OH is 1. The Morgan fingerprint density at radius 2 is 1.95 bits per heavy atom. The average molecular weight is 310 g/mol. The third kappa shape index (κ3) is 7.99. The van der Waals surface area contributed by atoms with Crippen molar-refractivity contribution in [3.05, 3.63) is 29.8 Å². The van der Waals surface area contributed by atoms with Gasteiger partial charge >= 0.3 is 0 Å². The van der Waals surface area contributed by atoms with Gasteiger partial charge in [0.2, 0.25) is 0 Å². The molecular formula is C16H26N2O2S. The topological polar surface area (TPSA) is 58.7 Å². The van der Waals surface area contributed by atoms with Crippen molar-refractivity contribution in [3.8, 4) is 5.75 Å². The van der Waals surface area contributed by atoms with Gasteiger partial charge in [0.05, 0.1) is 11.6 Å². The maximum absolute atomic E-state index is 9.05. The molecule has 1 aromatic rings. The Morgan fingerprint density at radius 1 is 1.24 bits per heavy atom. The van der Waals surface area contributed by atoms with Gasteiger partial charge in [0.25, 0.3) is 0 Å². The Hall–Kier alpha value is -1.17. The van der Waals surface area contributed by atoms with E-state index < -0.39 is 0 Å². The van der Waals surface area contributed by atoms with Crippen molar-refractivity contribution in [2.45, 2.75) is 26.2 Å². The van der Waals surface area contributed by atoms with Gasteiger partial charge in [-0.15, -0.1) is 0 Å². The van der Waals surface area contributed by atoms with Crippen LogP contribution in [0.1, 0.15) is 25.3 Å². The van der Waals surface area contributed by atoms with Crippen LogP contribution in [0, 0.1) is 0 Å². The lowest BCUT2D eigenvalue weighted by Crippen LogP contribution is -2.32.